The van der Waals surface area contributed by atoms with Gasteiger partial charge in [-0.05, 0) is 26.7 Å². The summed E-state index contributed by atoms with van der Waals surface area (Å²) in [5.41, 5.74) is 0. The first-order valence-corrected chi connectivity index (χ1v) is 24.0. The third kappa shape index (κ3) is 42.3. The highest BCUT2D eigenvalue weighted by molar-refractivity contribution is 7.57. The molecule has 0 spiro atoms. The van der Waals surface area contributed by atoms with Gasteiger partial charge in [0.05, 0.1) is 26.4 Å². The lowest BCUT2D eigenvalue weighted by atomic mass is 10.0. The van der Waals surface area contributed by atoms with Crippen molar-refractivity contribution in [3.63, 3.8) is 0 Å². The van der Waals surface area contributed by atoms with E-state index in [-0.39, 0.29) is 0 Å². The third-order valence-electron chi connectivity index (χ3n) is 8.22. The molecule has 0 aromatic carbocycles. The summed E-state index contributed by atoms with van der Waals surface area (Å²) in [4.78, 5) is 0. The Balaban J connectivity index is 0. The molecule has 0 saturated carbocycles. The van der Waals surface area contributed by atoms with Crippen molar-refractivity contribution in [2.24, 2.45) is 0 Å². The van der Waals surface area contributed by atoms with Gasteiger partial charge in [0.25, 0.3) is 0 Å². The Hall–Kier alpha value is 0.300. The second-order valence-electron chi connectivity index (χ2n) is 13.4. The van der Waals surface area contributed by atoms with Gasteiger partial charge in [-0.1, -0.05) is 181 Å². The van der Waals surface area contributed by atoms with E-state index in [0.717, 1.165) is 25.7 Å². The summed E-state index contributed by atoms with van der Waals surface area (Å²) in [6.45, 7) is 13.3. The van der Waals surface area contributed by atoms with Crippen LogP contribution < -0.4 is 0 Å². The van der Waals surface area contributed by atoms with E-state index >= 15 is 0 Å². The fourth-order valence-electron chi connectivity index (χ4n) is 5.53. The summed E-state index contributed by atoms with van der Waals surface area (Å²) in [6.07, 6.45) is 37.1. The van der Waals surface area contributed by atoms with Crippen molar-refractivity contribution in [1.82, 2.24) is 0 Å². The number of phosphoric acid groups is 1. The Morgan fingerprint density at radius 2 is 0.565 bits per heavy atom. The lowest BCUT2D eigenvalue weighted by Gasteiger charge is -2.17. The molecule has 0 amide bonds. The molecule has 0 rings (SSSR count). The molecule has 0 heterocycles. The predicted molar refractivity (Wildman–Crippen MR) is 203 cm³/mol. The number of hydrogen-bond acceptors (Lipinski definition) is 6. The van der Waals surface area contributed by atoms with Crippen molar-refractivity contribution in [2.75, 3.05) is 39.8 Å². The molecule has 6 nitrogen and oxygen atoms in total. The molecule has 8 heteroatoms. The summed E-state index contributed by atoms with van der Waals surface area (Å²) >= 11 is 0. The molecule has 46 heavy (non-hydrogen) atoms. The largest absolute Gasteiger partial charge is 0.474 e. The summed E-state index contributed by atoms with van der Waals surface area (Å²) in [5, 5.41) is 0. The van der Waals surface area contributed by atoms with Crippen LogP contribution in [-0.2, 0) is 27.2 Å². The molecule has 0 aliphatic carbocycles. The zero-order valence-corrected chi connectivity index (χ0v) is 33.8. The fraction of sp³-hybridized carbons (Fsp3) is 1.00. The average molecular weight is 697 g/mol. The maximum absolute atomic E-state index is 12.8. The van der Waals surface area contributed by atoms with E-state index in [1.54, 1.807) is 13.3 Å². The van der Waals surface area contributed by atoms with Crippen LogP contribution in [0.4, 0.5) is 0 Å². The van der Waals surface area contributed by atoms with Gasteiger partial charge in [-0.25, -0.2) is 4.57 Å². The minimum absolute atomic E-state index is 0.356. The molecule has 280 valence electrons. The zero-order valence-electron chi connectivity index (χ0n) is 32.0. The monoisotopic (exact) mass is 697 g/mol. The van der Waals surface area contributed by atoms with Crippen molar-refractivity contribution in [3.8, 4) is 0 Å². The second kappa shape index (κ2) is 38.1. The molecule has 0 aliphatic heterocycles. The lowest BCUT2D eigenvalue weighted by molar-refractivity contribution is 0.114. The minimum Gasteiger partial charge on any atom is -0.329 e. The van der Waals surface area contributed by atoms with Crippen LogP contribution in [0.1, 0.15) is 207 Å². The van der Waals surface area contributed by atoms with Gasteiger partial charge in [0.1, 0.15) is 0 Å². The average Bonchev–Trinajstić information content (AvgIpc) is 3.01. The van der Waals surface area contributed by atoms with E-state index in [4.69, 9.17) is 18.1 Å². The van der Waals surface area contributed by atoms with Crippen molar-refractivity contribution in [3.05, 3.63) is 0 Å². The first kappa shape index (κ1) is 48.4. The molecular formula is C38H82O6P2. The summed E-state index contributed by atoms with van der Waals surface area (Å²) in [5.74, 6) is 0. The molecule has 0 aromatic heterocycles. The van der Waals surface area contributed by atoms with Crippen molar-refractivity contribution >= 4 is 15.2 Å². The predicted octanol–water partition coefficient (Wildman–Crippen LogP) is 14.7. The third-order valence-corrected chi connectivity index (χ3v) is 10.7. The maximum Gasteiger partial charge on any atom is 0.474 e. The Kier molecular flexibility index (Phi) is 40.1. The van der Waals surface area contributed by atoms with Gasteiger partial charge in [-0.15, -0.1) is 0 Å². The molecule has 0 bridgehead atoms. The SMILES string of the molecule is CCCCCCCCCCCCCCCCOP(=O)(OCC)OCCCCCCCCCCCCCCCC.CCOP(C)(C)=O. The normalized spacial score (nSPS) is 12.0. The van der Waals surface area contributed by atoms with Crippen molar-refractivity contribution < 1.29 is 27.2 Å². The second-order valence-corrected chi connectivity index (χ2v) is 17.8. The highest BCUT2D eigenvalue weighted by Gasteiger charge is 2.25. The van der Waals surface area contributed by atoms with Crippen LogP contribution >= 0.6 is 15.2 Å². The van der Waals surface area contributed by atoms with Gasteiger partial charge >= 0.3 is 7.82 Å². The van der Waals surface area contributed by atoms with E-state index in [1.807, 2.05) is 13.8 Å². The minimum atomic E-state index is -3.39. The van der Waals surface area contributed by atoms with Gasteiger partial charge in [-0.3, -0.25) is 18.1 Å². The van der Waals surface area contributed by atoms with Crippen LogP contribution in [0.15, 0.2) is 0 Å². The van der Waals surface area contributed by atoms with E-state index in [0.29, 0.717) is 26.4 Å². The molecule has 0 aromatic rings. The van der Waals surface area contributed by atoms with Crippen LogP contribution in [-0.4, -0.2) is 39.8 Å². The quantitative estimate of drug-likeness (QED) is 0.0480. The Bertz CT molecular complexity index is 632. The summed E-state index contributed by atoms with van der Waals surface area (Å²) in [6, 6.07) is 0. The summed E-state index contributed by atoms with van der Waals surface area (Å²) < 4.78 is 44.8. The van der Waals surface area contributed by atoms with Gasteiger partial charge in [0, 0.05) is 13.3 Å². The topological polar surface area (TPSA) is 71.1 Å². The van der Waals surface area contributed by atoms with Crippen molar-refractivity contribution in [1.29, 1.82) is 0 Å². The van der Waals surface area contributed by atoms with E-state index in [1.165, 1.54) is 154 Å². The van der Waals surface area contributed by atoms with Gasteiger partial charge in [0.15, 0.2) is 7.37 Å². The Morgan fingerprint density at radius 1 is 0.326 bits per heavy atom. The highest BCUT2D eigenvalue weighted by atomic mass is 31.2. The highest BCUT2D eigenvalue weighted by Crippen LogP contribution is 2.49. The van der Waals surface area contributed by atoms with Gasteiger partial charge in [0.2, 0.25) is 0 Å². The molecule has 0 fully saturated rings. The van der Waals surface area contributed by atoms with Crippen LogP contribution in [0.2, 0.25) is 0 Å². The van der Waals surface area contributed by atoms with Crippen LogP contribution in [0, 0.1) is 0 Å². The van der Waals surface area contributed by atoms with E-state index in [2.05, 4.69) is 13.8 Å². The Morgan fingerprint density at radius 3 is 0.761 bits per heavy atom. The van der Waals surface area contributed by atoms with Gasteiger partial charge in [-0.2, -0.15) is 0 Å². The summed E-state index contributed by atoms with van der Waals surface area (Å²) in [7, 11) is -5.56. The van der Waals surface area contributed by atoms with Crippen LogP contribution in [0.5, 0.6) is 0 Å². The molecule has 0 saturated heterocycles. The standard InChI is InChI=1S/C34H71O4P.C4H11O2P/c1-4-7-9-11-13-15-17-19-21-23-25-27-29-31-33-37-39(35,36-6-3)38-34-32-30-28-26-24-22-20-18-16-14-12-10-8-5-2;1-4-6-7(2,3)5/h4-34H2,1-3H3;4H2,1-3H3. The van der Waals surface area contributed by atoms with E-state index in [9.17, 15) is 9.13 Å². The van der Waals surface area contributed by atoms with E-state index < -0.39 is 15.2 Å². The smallest absolute Gasteiger partial charge is 0.329 e. The van der Waals surface area contributed by atoms with Crippen molar-refractivity contribution in [2.45, 2.75) is 207 Å². The zero-order chi connectivity index (χ0) is 34.5. The van der Waals surface area contributed by atoms with Crippen LogP contribution in [0.25, 0.3) is 0 Å². The molecular weight excluding hydrogens is 614 g/mol. The number of hydrogen-bond donors (Lipinski definition) is 0. The molecule has 0 N–H and O–H groups in total. The lowest BCUT2D eigenvalue weighted by Crippen LogP contribution is -2.03. The molecule has 0 atom stereocenters. The number of unbranched alkanes of at least 4 members (excludes halogenated alkanes) is 26. The first-order chi connectivity index (χ1) is 22.2. The first-order valence-electron chi connectivity index (χ1n) is 20.0. The fourth-order valence-corrected chi connectivity index (χ4v) is 7.39. The van der Waals surface area contributed by atoms with Crippen LogP contribution in [0.3, 0.4) is 0 Å². The maximum atomic E-state index is 12.8. The molecule has 0 aliphatic rings. The number of rotatable bonds is 36. The van der Waals surface area contributed by atoms with Gasteiger partial charge < -0.3 is 4.52 Å². The Labute approximate surface area is 289 Å². The molecule has 0 radical (unpaired) electrons. The molecule has 0 unspecified atom stereocenters. The number of phosphoric ester groups is 1.